The summed E-state index contributed by atoms with van der Waals surface area (Å²) in [6, 6.07) is 5.84. The zero-order valence-corrected chi connectivity index (χ0v) is 15.1. The number of Topliss-reactive ketones (excluding diaryl/α,β-unsaturated/α-hetero) is 1. The maximum atomic E-state index is 13.0. The second-order valence-corrected chi connectivity index (χ2v) is 8.23. The second-order valence-electron chi connectivity index (χ2n) is 7.27. The maximum Gasteiger partial charge on any atom is 0.208 e. The van der Waals surface area contributed by atoms with Crippen molar-refractivity contribution >= 4 is 22.3 Å². The number of ketones is 1. The van der Waals surface area contributed by atoms with Gasteiger partial charge in [-0.25, -0.2) is 4.39 Å². The van der Waals surface area contributed by atoms with Crippen LogP contribution >= 0.6 is 11.3 Å². The molecule has 0 spiro atoms. The van der Waals surface area contributed by atoms with Crippen LogP contribution in [-0.4, -0.2) is 29.1 Å². The number of hydrogen-bond donors (Lipinski definition) is 0. The lowest BCUT2D eigenvalue weighted by atomic mass is 9.89. The molecule has 1 aromatic heterocycles. The monoisotopic (exact) mass is 347 g/mol. The van der Waals surface area contributed by atoms with Crippen LogP contribution in [0.4, 0.5) is 9.52 Å². The zero-order valence-electron chi connectivity index (χ0n) is 14.3. The average Bonchev–Trinajstić information content (AvgIpc) is 3.05. The fourth-order valence-corrected chi connectivity index (χ4v) is 3.78. The number of carbonyl (C=O) groups excluding carboxylic acids is 1. The molecular formula is C18H22FN3OS. The van der Waals surface area contributed by atoms with Gasteiger partial charge in [0.1, 0.15) is 10.8 Å². The van der Waals surface area contributed by atoms with Crippen molar-refractivity contribution in [2.45, 2.75) is 39.0 Å². The van der Waals surface area contributed by atoms with Crippen molar-refractivity contribution in [1.29, 1.82) is 0 Å². The molecule has 0 bridgehead atoms. The molecular weight excluding hydrogens is 325 g/mol. The number of anilines is 1. The van der Waals surface area contributed by atoms with Gasteiger partial charge >= 0.3 is 0 Å². The summed E-state index contributed by atoms with van der Waals surface area (Å²) in [7, 11) is 0. The lowest BCUT2D eigenvalue weighted by molar-refractivity contribution is 0.0900. The van der Waals surface area contributed by atoms with E-state index in [4.69, 9.17) is 0 Å². The van der Waals surface area contributed by atoms with Crippen LogP contribution in [0.15, 0.2) is 24.3 Å². The summed E-state index contributed by atoms with van der Waals surface area (Å²) in [6.45, 7) is 7.99. The van der Waals surface area contributed by atoms with Crippen molar-refractivity contribution < 1.29 is 9.18 Å². The number of carbonyl (C=O) groups is 1. The summed E-state index contributed by atoms with van der Waals surface area (Å²) in [6.07, 6.45) is 1.58. The molecule has 0 aliphatic carbocycles. The zero-order chi connectivity index (χ0) is 17.3. The SMILES string of the molecule is CC(C)(C)c1nnc(N2CCC(C(=O)c3ccc(F)cc3)CC2)s1. The van der Waals surface area contributed by atoms with Gasteiger partial charge < -0.3 is 4.90 Å². The van der Waals surface area contributed by atoms with Gasteiger partial charge in [-0.05, 0) is 37.1 Å². The molecule has 1 saturated heterocycles. The molecule has 24 heavy (non-hydrogen) atoms. The quantitative estimate of drug-likeness (QED) is 0.785. The molecule has 0 radical (unpaired) electrons. The van der Waals surface area contributed by atoms with Crippen LogP contribution in [0.3, 0.4) is 0 Å². The van der Waals surface area contributed by atoms with Crippen molar-refractivity contribution in [2.75, 3.05) is 18.0 Å². The van der Waals surface area contributed by atoms with E-state index in [1.165, 1.54) is 12.1 Å². The first-order chi connectivity index (χ1) is 11.3. The second kappa shape index (κ2) is 6.59. The van der Waals surface area contributed by atoms with E-state index in [0.717, 1.165) is 36.1 Å². The van der Waals surface area contributed by atoms with Crippen molar-refractivity contribution in [3.8, 4) is 0 Å². The molecule has 1 aliphatic heterocycles. The molecule has 1 aliphatic rings. The highest BCUT2D eigenvalue weighted by Crippen LogP contribution is 2.32. The smallest absolute Gasteiger partial charge is 0.208 e. The summed E-state index contributed by atoms with van der Waals surface area (Å²) in [5.41, 5.74) is 0.605. The highest BCUT2D eigenvalue weighted by Gasteiger charge is 2.28. The van der Waals surface area contributed by atoms with E-state index < -0.39 is 0 Å². The van der Waals surface area contributed by atoms with Gasteiger partial charge in [0, 0.05) is 30.0 Å². The van der Waals surface area contributed by atoms with E-state index >= 15 is 0 Å². The Balaban J connectivity index is 1.62. The van der Waals surface area contributed by atoms with Crippen LogP contribution < -0.4 is 4.90 Å². The van der Waals surface area contributed by atoms with Gasteiger partial charge in [-0.1, -0.05) is 32.1 Å². The molecule has 6 heteroatoms. The van der Waals surface area contributed by atoms with Gasteiger partial charge in [-0.2, -0.15) is 0 Å². The van der Waals surface area contributed by atoms with Gasteiger partial charge in [0.05, 0.1) is 0 Å². The predicted molar refractivity (Wildman–Crippen MR) is 94.3 cm³/mol. The van der Waals surface area contributed by atoms with E-state index in [-0.39, 0.29) is 22.9 Å². The number of rotatable bonds is 3. The average molecular weight is 347 g/mol. The van der Waals surface area contributed by atoms with E-state index in [1.54, 1.807) is 23.5 Å². The summed E-state index contributed by atoms with van der Waals surface area (Å²) < 4.78 is 13.0. The Kier molecular flexibility index (Phi) is 4.67. The number of nitrogens with zero attached hydrogens (tertiary/aromatic N) is 3. The Morgan fingerprint density at radius 1 is 1.17 bits per heavy atom. The van der Waals surface area contributed by atoms with Crippen molar-refractivity contribution in [3.05, 3.63) is 40.7 Å². The van der Waals surface area contributed by atoms with Crippen LogP contribution in [-0.2, 0) is 5.41 Å². The molecule has 2 heterocycles. The Bertz CT molecular complexity index is 713. The molecule has 2 aromatic rings. The van der Waals surface area contributed by atoms with Gasteiger partial charge in [0.15, 0.2) is 5.78 Å². The molecule has 0 unspecified atom stereocenters. The summed E-state index contributed by atoms with van der Waals surface area (Å²) in [5, 5.41) is 10.6. The number of aromatic nitrogens is 2. The Morgan fingerprint density at radius 3 is 2.33 bits per heavy atom. The standard InChI is InChI=1S/C18H22FN3OS/c1-18(2,3)16-20-21-17(24-16)22-10-8-13(9-11-22)15(23)12-4-6-14(19)7-5-12/h4-7,13H,8-11H2,1-3H3. The van der Waals surface area contributed by atoms with Gasteiger partial charge in [0.25, 0.3) is 0 Å². The third kappa shape index (κ3) is 3.64. The fraction of sp³-hybridized carbons (Fsp3) is 0.500. The molecule has 1 aromatic carbocycles. The first-order valence-corrected chi connectivity index (χ1v) is 9.05. The normalized spacial score (nSPS) is 16.4. The number of halogens is 1. The number of piperidine rings is 1. The molecule has 1 fully saturated rings. The third-order valence-electron chi connectivity index (χ3n) is 4.32. The molecule has 3 rings (SSSR count). The van der Waals surface area contributed by atoms with Gasteiger partial charge in [-0.15, -0.1) is 10.2 Å². The maximum absolute atomic E-state index is 13.0. The number of hydrogen-bond acceptors (Lipinski definition) is 5. The lowest BCUT2D eigenvalue weighted by Crippen LogP contribution is -2.36. The molecule has 0 N–H and O–H groups in total. The largest absolute Gasteiger partial charge is 0.347 e. The molecule has 0 saturated carbocycles. The molecule has 128 valence electrons. The van der Waals surface area contributed by atoms with E-state index in [0.29, 0.717) is 5.56 Å². The minimum Gasteiger partial charge on any atom is -0.347 e. The third-order valence-corrected chi connectivity index (χ3v) is 5.73. The highest BCUT2D eigenvalue weighted by molar-refractivity contribution is 7.15. The topological polar surface area (TPSA) is 46.1 Å². The highest BCUT2D eigenvalue weighted by atomic mass is 32.1. The predicted octanol–water partition coefficient (Wildman–Crippen LogP) is 4.07. The molecule has 4 nitrogen and oxygen atoms in total. The van der Waals surface area contributed by atoms with Gasteiger partial charge in [0.2, 0.25) is 5.13 Å². The fourth-order valence-electron chi connectivity index (χ4n) is 2.83. The van der Waals surface area contributed by atoms with Crippen molar-refractivity contribution in [1.82, 2.24) is 10.2 Å². The first-order valence-electron chi connectivity index (χ1n) is 8.23. The Morgan fingerprint density at radius 2 is 1.79 bits per heavy atom. The molecule has 0 atom stereocenters. The van der Waals surface area contributed by atoms with Gasteiger partial charge in [-0.3, -0.25) is 4.79 Å². The van der Waals surface area contributed by atoms with E-state index in [2.05, 4.69) is 35.9 Å². The molecule has 0 amide bonds. The Labute approximate surface area is 145 Å². The summed E-state index contributed by atoms with van der Waals surface area (Å²) >= 11 is 1.63. The van der Waals surface area contributed by atoms with Crippen molar-refractivity contribution in [2.24, 2.45) is 5.92 Å². The van der Waals surface area contributed by atoms with Crippen LogP contribution in [0.2, 0.25) is 0 Å². The minimum atomic E-state index is -0.313. The van der Waals surface area contributed by atoms with Crippen LogP contribution in [0, 0.1) is 11.7 Å². The van der Waals surface area contributed by atoms with E-state index in [1.807, 2.05) is 0 Å². The summed E-state index contributed by atoms with van der Waals surface area (Å²) in [4.78, 5) is 14.7. The lowest BCUT2D eigenvalue weighted by Gasteiger charge is -2.30. The van der Waals surface area contributed by atoms with E-state index in [9.17, 15) is 9.18 Å². The number of benzene rings is 1. The van der Waals surface area contributed by atoms with Crippen LogP contribution in [0.5, 0.6) is 0 Å². The van der Waals surface area contributed by atoms with Crippen molar-refractivity contribution in [3.63, 3.8) is 0 Å². The summed E-state index contributed by atoms with van der Waals surface area (Å²) in [5.74, 6) is -0.198. The Hall–Kier alpha value is -1.82. The van der Waals surface area contributed by atoms with Crippen LogP contribution in [0.25, 0.3) is 0 Å². The first kappa shape index (κ1) is 17.0. The minimum absolute atomic E-state index is 0.00159. The van der Waals surface area contributed by atoms with Crippen LogP contribution in [0.1, 0.15) is 49.0 Å².